The van der Waals surface area contributed by atoms with Gasteiger partial charge in [-0.3, -0.25) is 0 Å². The lowest BCUT2D eigenvalue weighted by atomic mass is 9.92. The minimum atomic E-state index is -0.656. The fourth-order valence-corrected chi connectivity index (χ4v) is 2.19. The molecule has 0 bridgehead atoms. The Kier molecular flexibility index (Phi) is 5.55. The molecule has 1 rings (SSSR count). The van der Waals surface area contributed by atoms with Crippen LogP contribution < -0.4 is 5.73 Å². The first-order valence-corrected chi connectivity index (χ1v) is 5.78. The van der Waals surface area contributed by atoms with Crippen molar-refractivity contribution < 1.29 is 14.3 Å². The van der Waals surface area contributed by atoms with Gasteiger partial charge >= 0.3 is 6.09 Å². The van der Waals surface area contributed by atoms with Gasteiger partial charge < -0.3 is 20.1 Å². The Bertz CT molecular complexity index is 215. The summed E-state index contributed by atoms with van der Waals surface area (Å²) in [4.78, 5) is 12.9. The summed E-state index contributed by atoms with van der Waals surface area (Å²) >= 11 is 0. The lowest BCUT2D eigenvalue weighted by molar-refractivity contribution is 0.0523. The van der Waals surface area contributed by atoms with Crippen LogP contribution in [0.15, 0.2) is 0 Å². The molecule has 1 aliphatic carbocycles. The molecule has 0 unspecified atom stereocenters. The average molecular weight is 230 g/mol. The first-order valence-electron chi connectivity index (χ1n) is 5.78. The predicted molar refractivity (Wildman–Crippen MR) is 61.2 cm³/mol. The van der Waals surface area contributed by atoms with Crippen LogP contribution in [0, 0.1) is 0 Å². The maximum atomic E-state index is 10.6. The average Bonchev–Trinajstić information content (AvgIpc) is 2.26. The highest BCUT2D eigenvalue weighted by molar-refractivity contribution is 5.64. The van der Waals surface area contributed by atoms with E-state index in [0.717, 1.165) is 38.8 Å². The SMILES string of the molecule is COCCN(C)C1CCC(OC(N)=O)CC1. The highest BCUT2D eigenvalue weighted by atomic mass is 16.6. The number of nitrogens with zero attached hydrogens (tertiary/aromatic N) is 1. The van der Waals surface area contributed by atoms with Gasteiger partial charge in [0.05, 0.1) is 6.61 Å². The van der Waals surface area contributed by atoms with E-state index in [9.17, 15) is 4.79 Å². The number of hydrogen-bond acceptors (Lipinski definition) is 4. The molecule has 1 aliphatic rings. The van der Waals surface area contributed by atoms with E-state index in [0.29, 0.717) is 6.04 Å². The molecule has 94 valence electrons. The van der Waals surface area contributed by atoms with Crippen molar-refractivity contribution in [3.05, 3.63) is 0 Å². The van der Waals surface area contributed by atoms with Crippen molar-refractivity contribution in [3.63, 3.8) is 0 Å². The van der Waals surface area contributed by atoms with Crippen LogP contribution in [0.2, 0.25) is 0 Å². The number of nitrogens with two attached hydrogens (primary N) is 1. The molecule has 1 amide bonds. The highest BCUT2D eigenvalue weighted by Gasteiger charge is 2.25. The third-order valence-electron chi connectivity index (χ3n) is 3.20. The van der Waals surface area contributed by atoms with Gasteiger partial charge in [-0.05, 0) is 32.7 Å². The monoisotopic (exact) mass is 230 g/mol. The van der Waals surface area contributed by atoms with Crippen molar-refractivity contribution in [1.29, 1.82) is 0 Å². The van der Waals surface area contributed by atoms with Crippen LogP contribution in [0.25, 0.3) is 0 Å². The summed E-state index contributed by atoms with van der Waals surface area (Å²) in [5.74, 6) is 0. The first kappa shape index (κ1) is 13.3. The number of likely N-dealkylation sites (N-methyl/N-ethyl adjacent to an activating group) is 1. The third-order valence-corrected chi connectivity index (χ3v) is 3.20. The minimum absolute atomic E-state index is 0.0181. The second-order valence-electron chi connectivity index (χ2n) is 4.34. The van der Waals surface area contributed by atoms with Gasteiger partial charge in [-0.15, -0.1) is 0 Å². The topological polar surface area (TPSA) is 64.8 Å². The van der Waals surface area contributed by atoms with Crippen molar-refractivity contribution in [1.82, 2.24) is 4.90 Å². The standard InChI is InChI=1S/C11H22N2O3/c1-13(7-8-15-2)9-3-5-10(6-4-9)16-11(12)14/h9-10H,3-8H2,1-2H3,(H2,12,14). The molecule has 5 nitrogen and oxygen atoms in total. The van der Waals surface area contributed by atoms with Gasteiger partial charge in [-0.2, -0.15) is 0 Å². The Labute approximate surface area is 96.9 Å². The summed E-state index contributed by atoms with van der Waals surface area (Å²) in [7, 11) is 3.82. The summed E-state index contributed by atoms with van der Waals surface area (Å²) in [6.07, 6.45) is 3.28. The molecule has 0 aromatic rings. The van der Waals surface area contributed by atoms with Crippen LogP contribution in [-0.2, 0) is 9.47 Å². The number of carbonyl (C=O) groups excluding carboxylic acids is 1. The van der Waals surface area contributed by atoms with Crippen molar-refractivity contribution in [2.24, 2.45) is 5.73 Å². The van der Waals surface area contributed by atoms with E-state index in [-0.39, 0.29) is 6.10 Å². The number of amides is 1. The Morgan fingerprint density at radius 3 is 2.50 bits per heavy atom. The van der Waals surface area contributed by atoms with E-state index in [1.165, 1.54) is 0 Å². The number of primary amides is 1. The molecule has 0 heterocycles. The molecule has 0 saturated heterocycles. The second-order valence-corrected chi connectivity index (χ2v) is 4.34. The van der Waals surface area contributed by atoms with Gasteiger partial charge in [0.1, 0.15) is 6.10 Å². The van der Waals surface area contributed by atoms with E-state index < -0.39 is 6.09 Å². The normalized spacial score (nSPS) is 25.7. The molecule has 2 N–H and O–H groups in total. The van der Waals surface area contributed by atoms with E-state index in [4.69, 9.17) is 15.2 Å². The van der Waals surface area contributed by atoms with Crippen LogP contribution in [-0.4, -0.2) is 50.4 Å². The van der Waals surface area contributed by atoms with Crippen molar-refractivity contribution >= 4 is 6.09 Å². The molecule has 0 atom stereocenters. The molecule has 0 spiro atoms. The molecule has 0 aromatic heterocycles. The molecule has 0 aliphatic heterocycles. The zero-order valence-corrected chi connectivity index (χ0v) is 10.1. The van der Waals surface area contributed by atoms with E-state index >= 15 is 0 Å². The quantitative estimate of drug-likeness (QED) is 0.764. The fourth-order valence-electron chi connectivity index (χ4n) is 2.19. The van der Waals surface area contributed by atoms with Gasteiger partial charge in [0, 0.05) is 19.7 Å². The molecule has 16 heavy (non-hydrogen) atoms. The second kappa shape index (κ2) is 6.70. The van der Waals surface area contributed by atoms with Crippen molar-refractivity contribution in [2.45, 2.75) is 37.8 Å². The smallest absolute Gasteiger partial charge is 0.404 e. The first-order chi connectivity index (χ1) is 7.63. The molecular weight excluding hydrogens is 208 g/mol. The Morgan fingerprint density at radius 1 is 1.38 bits per heavy atom. The van der Waals surface area contributed by atoms with Crippen molar-refractivity contribution in [3.8, 4) is 0 Å². The Morgan fingerprint density at radius 2 is 2.00 bits per heavy atom. The van der Waals surface area contributed by atoms with Crippen LogP contribution in [0.5, 0.6) is 0 Å². The molecule has 1 fully saturated rings. The van der Waals surface area contributed by atoms with Crippen LogP contribution >= 0.6 is 0 Å². The summed E-state index contributed by atoms with van der Waals surface area (Å²) < 4.78 is 10.0. The van der Waals surface area contributed by atoms with E-state index in [1.54, 1.807) is 7.11 Å². The maximum Gasteiger partial charge on any atom is 0.404 e. The zero-order chi connectivity index (χ0) is 12.0. The fraction of sp³-hybridized carbons (Fsp3) is 0.909. The van der Waals surface area contributed by atoms with Crippen LogP contribution in [0.4, 0.5) is 4.79 Å². The summed E-state index contributed by atoms with van der Waals surface area (Å²) in [5.41, 5.74) is 5.00. The predicted octanol–water partition coefficient (Wildman–Crippen LogP) is 0.971. The molecular formula is C11H22N2O3. The lowest BCUT2D eigenvalue weighted by Crippen LogP contribution is -2.39. The minimum Gasteiger partial charge on any atom is -0.446 e. The molecule has 0 radical (unpaired) electrons. The van der Waals surface area contributed by atoms with Crippen LogP contribution in [0.3, 0.4) is 0 Å². The molecule has 0 aromatic carbocycles. The van der Waals surface area contributed by atoms with Gasteiger partial charge in [0.2, 0.25) is 0 Å². The number of carbonyl (C=O) groups is 1. The molecule has 1 saturated carbocycles. The Balaban J connectivity index is 2.23. The summed E-state index contributed by atoms with van der Waals surface area (Å²) in [5, 5.41) is 0. The van der Waals surface area contributed by atoms with E-state index in [2.05, 4.69) is 11.9 Å². The van der Waals surface area contributed by atoms with Crippen LogP contribution in [0.1, 0.15) is 25.7 Å². The number of ether oxygens (including phenoxy) is 2. The highest BCUT2D eigenvalue weighted by Crippen LogP contribution is 2.24. The number of methoxy groups -OCH3 is 1. The van der Waals surface area contributed by atoms with Gasteiger partial charge in [-0.25, -0.2) is 4.79 Å². The number of hydrogen-bond donors (Lipinski definition) is 1. The largest absolute Gasteiger partial charge is 0.446 e. The summed E-state index contributed by atoms with van der Waals surface area (Å²) in [6.45, 7) is 1.71. The Hall–Kier alpha value is -0.810. The zero-order valence-electron chi connectivity index (χ0n) is 10.1. The number of rotatable bonds is 5. The molecule has 5 heteroatoms. The van der Waals surface area contributed by atoms with Gasteiger partial charge in [0.25, 0.3) is 0 Å². The van der Waals surface area contributed by atoms with E-state index in [1.807, 2.05) is 0 Å². The van der Waals surface area contributed by atoms with Crippen molar-refractivity contribution in [2.75, 3.05) is 27.3 Å². The third kappa shape index (κ3) is 4.37. The summed E-state index contributed by atoms with van der Waals surface area (Å²) in [6, 6.07) is 0.572. The van der Waals surface area contributed by atoms with Gasteiger partial charge in [-0.1, -0.05) is 0 Å². The van der Waals surface area contributed by atoms with Gasteiger partial charge in [0.15, 0.2) is 0 Å². The lowest BCUT2D eigenvalue weighted by Gasteiger charge is -2.34. The maximum absolute atomic E-state index is 10.6.